The average Bonchev–Trinajstić information content (AvgIpc) is 3.81. The van der Waals surface area contributed by atoms with Crippen molar-refractivity contribution in [2.45, 2.75) is 19.3 Å². The van der Waals surface area contributed by atoms with Crippen molar-refractivity contribution in [1.82, 2.24) is 14.5 Å². The molecule has 2 heterocycles. The Labute approximate surface area is 371 Å². The second-order valence-corrected chi connectivity index (χ2v) is 17.8. The summed E-state index contributed by atoms with van der Waals surface area (Å²) in [4.78, 5) is 9.59. The molecule has 0 bridgehead atoms. The lowest BCUT2D eigenvalue weighted by atomic mass is 9.80. The zero-order chi connectivity index (χ0) is 42.5. The largest absolute Gasteiger partial charge is 0.309 e. The van der Waals surface area contributed by atoms with E-state index in [1.54, 1.807) is 12.4 Å². The molecule has 64 heavy (non-hydrogen) atoms. The van der Waals surface area contributed by atoms with Crippen molar-refractivity contribution in [3.05, 3.63) is 224 Å². The highest BCUT2D eigenvalue weighted by Crippen LogP contribution is 2.51. The second-order valence-electron chi connectivity index (χ2n) is 17.8. The fourth-order valence-electron chi connectivity index (χ4n) is 10.7. The molecule has 2 aromatic heterocycles. The van der Waals surface area contributed by atoms with E-state index in [2.05, 4.69) is 219 Å². The third-order valence-corrected chi connectivity index (χ3v) is 13.9. The molecule has 13 rings (SSSR count). The minimum absolute atomic E-state index is 0.173. The van der Waals surface area contributed by atoms with Crippen molar-refractivity contribution >= 4 is 54.4 Å². The van der Waals surface area contributed by atoms with Gasteiger partial charge in [-0.2, -0.15) is 0 Å². The van der Waals surface area contributed by atoms with Crippen LogP contribution in [-0.4, -0.2) is 14.5 Å². The van der Waals surface area contributed by atoms with Crippen molar-refractivity contribution in [3.63, 3.8) is 0 Å². The molecule has 0 aliphatic heterocycles. The summed E-state index contributed by atoms with van der Waals surface area (Å²) in [6.07, 6.45) is 3.59. The minimum atomic E-state index is -0.173. The Morgan fingerprint density at radius 3 is 1.42 bits per heavy atom. The van der Waals surface area contributed by atoms with Crippen LogP contribution in [0.5, 0.6) is 0 Å². The van der Waals surface area contributed by atoms with Crippen LogP contribution in [-0.2, 0) is 5.41 Å². The van der Waals surface area contributed by atoms with E-state index in [0.29, 0.717) is 0 Å². The van der Waals surface area contributed by atoms with Crippen LogP contribution in [0.25, 0.3) is 116 Å². The zero-order valence-electron chi connectivity index (χ0n) is 35.5. The lowest BCUT2D eigenvalue weighted by Crippen LogP contribution is -2.15. The number of fused-ring (bicyclic) bond motifs is 12. The molecule has 3 nitrogen and oxygen atoms in total. The molecular formula is C61H41N3. The third-order valence-electron chi connectivity index (χ3n) is 13.9. The minimum Gasteiger partial charge on any atom is -0.309 e. The monoisotopic (exact) mass is 815 g/mol. The molecule has 3 heteroatoms. The highest BCUT2D eigenvalue weighted by atomic mass is 15.0. The highest BCUT2D eigenvalue weighted by Gasteiger charge is 2.36. The Kier molecular flexibility index (Phi) is 7.95. The van der Waals surface area contributed by atoms with Gasteiger partial charge in [0.05, 0.1) is 22.1 Å². The summed E-state index contributed by atoms with van der Waals surface area (Å²) in [5.41, 5.74) is 20.3. The van der Waals surface area contributed by atoms with Gasteiger partial charge in [-0.1, -0.05) is 153 Å². The molecule has 1 aliphatic carbocycles. The first-order chi connectivity index (χ1) is 31.5. The third kappa shape index (κ3) is 5.54. The van der Waals surface area contributed by atoms with Crippen LogP contribution in [0.2, 0.25) is 0 Å². The predicted octanol–water partition coefficient (Wildman–Crippen LogP) is 16.0. The molecular weight excluding hydrogens is 775 g/mol. The first-order valence-corrected chi connectivity index (χ1v) is 22.1. The van der Waals surface area contributed by atoms with Gasteiger partial charge in [-0.3, -0.25) is 9.97 Å². The molecule has 0 saturated carbocycles. The number of benzene rings is 10. The van der Waals surface area contributed by atoms with Crippen molar-refractivity contribution < 1.29 is 0 Å². The maximum Gasteiger partial charge on any atom is 0.0971 e. The number of rotatable bonds is 5. The first-order valence-electron chi connectivity index (χ1n) is 22.1. The normalized spacial score (nSPS) is 13.0. The van der Waals surface area contributed by atoms with Gasteiger partial charge in [-0.25, -0.2) is 0 Å². The van der Waals surface area contributed by atoms with Crippen LogP contribution in [0, 0.1) is 0 Å². The molecule has 0 amide bonds. The summed E-state index contributed by atoms with van der Waals surface area (Å²) in [5.74, 6) is 0. The van der Waals surface area contributed by atoms with Crippen LogP contribution in [0.1, 0.15) is 25.0 Å². The molecule has 0 fully saturated rings. The molecule has 0 saturated heterocycles. The van der Waals surface area contributed by atoms with Crippen LogP contribution >= 0.6 is 0 Å². The molecule has 0 radical (unpaired) electrons. The van der Waals surface area contributed by atoms with E-state index in [4.69, 9.17) is 9.97 Å². The summed E-state index contributed by atoms with van der Waals surface area (Å²) in [5, 5.41) is 7.18. The lowest BCUT2D eigenvalue weighted by Gasteiger charge is -2.23. The number of hydrogen-bond acceptors (Lipinski definition) is 2. The fourth-order valence-corrected chi connectivity index (χ4v) is 10.7. The lowest BCUT2D eigenvalue weighted by molar-refractivity contribution is 0.661. The molecule has 1 aliphatic rings. The van der Waals surface area contributed by atoms with Gasteiger partial charge in [0.2, 0.25) is 0 Å². The Bertz CT molecular complexity index is 3840. The first kappa shape index (κ1) is 36.5. The van der Waals surface area contributed by atoms with Crippen molar-refractivity contribution in [3.8, 4) is 61.3 Å². The zero-order valence-corrected chi connectivity index (χ0v) is 35.5. The van der Waals surface area contributed by atoms with E-state index in [1.165, 1.54) is 105 Å². The van der Waals surface area contributed by atoms with Crippen LogP contribution in [0.4, 0.5) is 0 Å². The molecule has 300 valence electrons. The molecule has 0 atom stereocenters. The van der Waals surface area contributed by atoms with Crippen molar-refractivity contribution in [2.75, 3.05) is 0 Å². The Hall–Kier alpha value is -8.14. The van der Waals surface area contributed by atoms with E-state index >= 15 is 0 Å². The van der Waals surface area contributed by atoms with Gasteiger partial charge in [0.25, 0.3) is 0 Å². The van der Waals surface area contributed by atoms with Crippen molar-refractivity contribution in [2.24, 2.45) is 0 Å². The standard InChI is InChI=1S/C61H41N3/c1-61(2)55-36-44(40-14-10-12-38(32-40)42-22-26-48-47-18-6-7-20-52(47)59-60(54(48)35-42)63-31-30-62-59)23-27-49(55)50-28-24-45(37-56(50)61)41-15-11-13-39(33-41)43-25-29-58-53(34-43)51-19-8-9-21-57(51)64(58)46-16-4-3-5-17-46/h3-37H,1-2H3. The van der Waals surface area contributed by atoms with Gasteiger partial charge >= 0.3 is 0 Å². The van der Waals surface area contributed by atoms with Gasteiger partial charge < -0.3 is 4.57 Å². The van der Waals surface area contributed by atoms with Gasteiger partial charge in [0.1, 0.15) is 0 Å². The van der Waals surface area contributed by atoms with Gasteiger partial charge in [-0.15, -0.1) is 0 Å². The summed E-state index contributed by atoms with van der Waals surface area (Å²) >= 11 is 0. The van der Waals surface area contributed by atoms with E-state index in [-0.39, 0.29) is 5.41 Å². The summed E-state index contributed by atoms with van der Waals surface area (Å²) in [6, 6.07) is 73.8. The van der Waals surface area contributed by atoms with Gasteiger partial charge in [-0.05, 0) is 138 Å². The SMILES string of the molecule is CC1(C)c2cc(-c3cccc(-c4ccc5c6ccccc6c6nccnc6c5c4)c3)ccc2-c2ccc(-c3cccc(-c4ccc5c(c4)c4ccccc4n5-c4ccccc4)c3)cc21. The fraction of sp³-hybridized carbons (Fsp3) is 0.0492. The molecule has 12 aromatic rings. The molecule has 10 aromatic carbocycles. The van der Waals surface area contributed by atoms with Crippen LogP contribution in [0.3, 0.4) is 0 Å². The summed E-state index contributed by atoms with van der Waals surface area (Å²) in [7, 11) is 0. The van der Waals surface area contributed by atoms with E-state index < -0.39 is 0 Å². The van der Waals surface area contributed by atoms with E-state index in [1.807, 2.05) is 0 Å². The molecule has 0 unspecified atom stereocenters. The summed E-state index contributed by atoms with van der Waals surface area (Å²) < 4.78 is 2.38. The van der Waals surface area contributed by atoms with Crippen molar-refractivity contribution in [1.29, 1.82) is 0 Å². The van der Waals surface area contributed by atoms with E-state index in [0.717, 1.165) is 21.8 Å². The highest BCUT2D eigenvalue weighted by molar-refractivity contribution is 6.23. The smallest absolute Gasteiger partial charge is 0.0971 e. The quantitative estimate of drug-likeness (QED) is 0.162. The van der Waals surface area contributed by atoms with E-state index in [9.17, 15) is 0 Å². The Balaban J connectivity index is 0.833. The molecule has 0 N–H and O–H groups in total. The van der Waals surface area contributed by atoms with Crippen LogP contribution < -0.4 is 0 Å². The number of para-hydroxylation sites is 2. The van der Waals surface area contributed by atoms with Crippen LogP contribution in [0.15, 0.2) is 213 Å². The maximum atomic E-state index is 4.83. The van der Waals surface area contributed by atoms with Gasteiger partial charge in [0, 0.05) is 45.0 Å². The number of aromatic nitrogens is 3. The second kappa shape index (κ2) is 13.9. The Morgan fingerprint density at radius 2 is 0.781 bits per heavy atom. The molecule has 0 spiro atoms. The number of hydrogen-bond donors (Lipinski definition) is 0. The average molecular weight is 816 g/mol. The van der Waals surface area contributed by atoms with Gasteiger partial charge in [0.15, 0.2) is 0 Å². The maximum absolute atomic E-state index is 4.83. The summed E-state index contributed by atoms with van der Waals surface area (Å²) in [6.45, 7) is 4.76. The Morgan fingerprint density at radius 1 is 0.328 bits per heavy atom. The topological polar surface area (TPSA) is 30.7 Å². The predicted molar refractivity (Wildman–Crippen MR) is 268 cm³/mol. The number of nitrogens with zero attached hydrogens (tertiary/aromatic N) is 3.